The van der Waals surface area contributed by atoms with Crippen LogP contribution in [0, 0.1) is 0 Å². The van der Waals surface area contributed by atoms with Gasteiger partial charge in [-0.25, -0.2) is 4.79 Å². The molecule has 0 aliphatic carbocycles. The summed E-state index contributed by atoms with van der Waals surface area (Å²) in [4.78, 5) is 44.4. The molecular weight excluding hydrogens is 230 g/mol. The lowest BCUT2D eigenvalue weighted by atomic mass is 9.91. The van der Waals surface area contributed by atoms with Gasteiger partial charge in [-0.2, -0.15) is 0 Å². The molecule has 0 radical (unpaired) electrons. The lowest BCUT2D eigenvalue weighted by Gasteiger charge is -2.28. The van der Waals surface area contributed by atoms with Crippen molar-refractivity contribution in [3.05, 3.63) is 0 Å². The monoisotopic (exact) mass is 245 g/mol. The molecule has 1 atom stereocenters. The molecule has 0 rings (SSSR count). The molecule has 0 aromatic rings. The van der Waals surface area contributed by atoms with E-state index in [4.69, 9.17) is 0 Å². The van der Waals surface area contributed by atoms with Crippen molar-refractivity contribution in [3.8, 4) is 0 Å². The van der Waals surface area contributed by atoms with Crippen LogP contribution in [0.4, 0.5) is 0 Å². The van der Waals surface area contributed by atoms with Crippen molar-refractivity contribution >= 4 is 24.1 Å². The van der Waals surface area contributed by atoms with Crippen LogP contribution < -0.4 is 5.32 Å². The van der Waals surface area contributed by atoms with E-state index in [1.807, 2.05) is 0 Å². The maximum atomic E-state index is 11.6. The van der Waals surface area contributed by atoms with Crippen LogP contribution in [-0.4, -0.2) is 43.9 Å². The van der Waals surface area contributed by atoms with Gasteiger partial charge in [0.05, 0.1) is 20.6 Å². The third-order valence-corrected chi connectivity index (χ3v) is 2.10. The van der Waals surface area contributed by atoms with Crippen molar-refractivity contribution in [1.29, 1.82) is 0 Å². The molecule has 0 aliphatic rings. The summed E-state index contributed by atoms with van der Waals surface area (Å²) >= 11 is 0. The molecule has 0 bridgehead atoms. The molecule has 17 heavy (non-hydrogen) atoms. The van der Waals surface area contributed by atoms with E-state index in [0.717, 1.165) is 14.2 Å². The molecule has 0 saturated heterocycles. The Kier molecular flexibility index (Phi) is 5.87. The minimum Gasteiger partial charge on any atom is -0.469 e. The van der Waals surface area contributed by atoms with Crippen LogP contribution in [0.25, 0.3) is 0 Å². The van der Waals surface area contributed by atoms with Crippen molar-refractivity contribution in [2.24, 2.45) is 0 Å². The van der Waals surface area contributed by atoms with Crippen molar-refractivity contribution < 1.29 is 28.7 Å². The van der Waals surface area contributed by atoms with Gasteiger partial charge >= 0.3 is 11.9 Å². The first kappa shape index (κ1) is 15.1. The summed E-state index contributed by atoms with van der Waals surface area (Å²) in [6.07, 6.45) is -0.404. The second-order valence-electron chi connectivity index (χ2n) is 3.38. The number of hydrogen-bond acceptors (Lipinski definition) is 6. The summed E-state index contributed by atoms with van der Waals surface area (Å²) < 4.78 is 8.91. The number of hydrogen-bond donors (Lipinski definition) is 1. The maximum Gasteiger partial charge on any atom is 0.332 e. The molecular formula is C10H15NO6. The van der Waals surface area contributed by atoms with Gasteiger partial charge in [0.2, 0.25) is 5.91 Å². The van der Waals surface area contributed by atoms with Crippen LogP contribution in [0.1, 0.15) is 19.8 Å². The highest BCUT2D eigenvalue weighted by Gasteiger charge is 2.42. The number of amides is 1. The number of carbonyl (C=O) groups is 4. The number of rotatable bonds is 6. The minimum absolute atomic E-state index is 0.367. The van der Waals surface area contributed by atoms with E-state index in [9.17, 15) is 19.2 Å². The number of aldehydes is 1. The Hall–Kier alpha value is -1.92. The molecule has 7 heteroatoms. The number of esters is 2. The van der Waals surface area contributed by atoms with E-state index in [-0.39, 0.29) is 6.42 Å². The predicted octanol–water partition coefficient (Wildman–Crippen LogP) is -0.814. The quantitative estimate of drug-likeness (QED) is 0.485. The molecule has 0 saturated carbocycles. The number of ether oxygens (including phenoxy) is 2. The molecule has 0 heterocycles. The van der Waals surface area contributed by atoms with E-state index in [1.54, 1.807) is 0 Å². The zero-order valence-electron chi connectivity index (χ0n) is 9.94. The fourth-order valence-corrected chi connectivity index (χ4v) is 1.37. The highest BCUT2D eigenvalue weighted by molar-refractivity contribution is 5.93. The summed E-state index contributed by atoms with van der Waals surface area (Å²) in [5.41, 5.74) is -1.70. The summed E-state index contributed by atoms with van der Waals surface area (Å²) in [7, 11) is 2.24. The molecule has 1 N–H and O–H groups in total. The van der Waals surface area contributed by atoms with Gasteiger partial charge in [0.25, 0.3) is 0 Å². The standard InChI is InChI=1S/C10H15NO6/c1-7(13)11-10(4-5-12,9(15)17-3)6-8(14)16-2/h5H,4,6H2,1-3H3,(H,11,13). The van der Waals surface area contributed by atoms with Gasteiger partial charge in [-0.3, -0.25) is 9.59 Å². The smallest absolute Gasteiger partial charge is 0.332 e. The first-order valence-corrected chi connectivity index (χ1v) is 4.79. The fraction of sp³-hybridized carbons (Fsp3) is 0.600. The van der Waals surface area contributed by atoms with Gasteiger partial charge in [-0.15, -0.1) is 0 Å². The largest absolute Gasteiger partial charge is 0.469 e. The van der Waals surface area contributed by atoms with Gasteiger partial charge < -0.3 is 19.6 Å². The van der Waals surface area contributed by atoms with Gasteiger partial charge in [-0.05, 0) is 0 Å². The third kappa shape index (κ3) is 4.21. The lowest BCUT2D eigenvalue weighted by molar-refractivity contribution is -0.157. The van der Waals surface area contributed by atoms with Crippen LogP contribution in [0.2, 0.25) is 0 Å². The molecule has 0 aliphatic heterocycles. The second-order valence-corrected chi connectivity index (χ2v) is 3.38. The number of nitrogens with one attached hydrogen (secondary N) is 1. The second kappa shape index (κ2) is 6.62. The fourth-order valence-electron chi connectivity index (χ4n) is 1.37. The predicted molar refractivity (Wildman–Crippen MR) is 55.9 cm³/mol. The molecule has 1 unspecified atom stereocenters. The number of methoxy groups -OCH3 is 2. The molecule has 7 nitrogen and oxygen atoms in total. The van der Waals surface area contributed by atoms with Crippen LogP contribution in [-0.2, 0) is 28.7 Å². The van der Waals surface area contributed by atoms with Gasteiger partial charge in [0.1, 0.15) is 6.29 Å². The molecule has 1 amide bonds. The van der Waals surface area contributed by atoms with Gasteiger partial charge in [-0.1, -0.05) is 0 Å². The average Bonchev–Trinajstić information content (AvgIpc) is 2.26. The summed E-state index contributed by atoms with van der Waals surface area (Å²) in [5.74, 6) is -2.16. The van der Waals surface area contributed by atoms with E-state index in [1.165, 1.54) is 6.92 Å². The molecule has 0 aromatic heterocycles. The van der Waals surface area contributed by atoms with E-state index in [2.05, 4.69) is 14.8 Å². The number of carbonyl (C=O) groups excluding carboxylic acids is 4. The topological polar surface area (TPSA) is 98.8 Å². The molecule has 96 valence electrons. The Morgan fingerprint density at radius 1 is 1.24 bits per heavy atom. The molecule has 0 aromatic carbocycles. The first-order valence-electron chi connectivity index (χ1n) is 4.79. The van der Waals surface area contributed by atoms with Crippen molar-refractivity contribution in [3.63, 3.8) is 0 Å². The van der Waals surface area contributed by atoms with Crippen LogP contribution in [0.5, 0.6) is 0 Å². The van der Waals surface area contributed by atoms with E-state index >= 15 is 0 Å². The Morgan fingerprint density at radius 2 is 1.82 bits per heavy atom. The Morgan fingerprint density at radius 3 is 2.18 bits per heavy atom. The summed E-state index contributed by atoms with van der Waals surface area (Å²) in [6, 6.07) is 0. The third-order valence-electron chi connectivity index (χ3n) is 2.10. The van der Waals surface area contributed by atoms with Gasteiger partial charge in [0, 0.05) is 13.3 Å². The summed E-state index contributed by atoms with van der Waals surface area (Å²) in [6.45, 7) is 1.17. The summed E-state index contributed by atoms with van der Waals surface area (Å²) in [5, 5.41) is 2.26. The average molecular weight is 245 g/mol. The SMILES string of the molecule is COC(=O)CC(CC=O)(NC(C)=O)C(=O)OC. The normalized spacial score (nSPS) is 13.1. The van der Waals surface area contributed by atoms with E-state index < -0.39 is 29.8 Å². The first-order chi connectivity index (χ1) is 7.91. The Labute approximate surface area is 98.4 Å². The van der Waals surface area contributed by atoms with Crippen molar-refractivity contribution in [2.75, 3.05) is 14.2 Å². The minimum atomic E-state index is -1.70. The Balaban J connectivity index is 5.21. The van der Waals surface area contributed by atoms with Crippen LogP contribution >= 0.6 is 0 Å². The van der Waals surface area contributed by atoms with Crippen LogP contribution in [0.15, 0.2) is 0 Å². The highest BCUT2D eigenvalue weighted by Crippen LogP contribution is 2.17. The van der Waals surface area contributed by atoms with Crippen molar-refractivity contribution in [1.82, 2.24) is 5.32 Å². The van der Waals surface area contributed by atoms with Crippen LogP contribution in [0.3, 0.4) is 0 Å². The molecule has 0 spiro atoms. The zero-order valence-corrected chi connectivity index (χ0v) is 9.94. The maximum absolute atomic E-state index is 11.6. The molecule has 0 fully saturated rings. The van der Waals surface area contributed by atoms with Gasteiger partial charge in [0.15, 0.2) is 5.54 Å². The van der Waals surface area contributed by atoms with Crippen molar-refractivity contribution in [2.45, 2.75) is 25.3 Å². The Bertz CT molecular complexity index is 327. The highest BCUT2D eigenvalue weighted by atomic mass is 16.5. The van der Waals surface area contributed by atoms with E-state index in [0.29, 0.717) is 6.29 Å². The lowest BCUT2D eigenvalue weighted by Crippen LogP contribution is -2.56. The zero-order chi connectivity index (χ0) is 13.5.